The molecule has 3 aromatic rings. The maximum absolute atomic E-state index is 12.7. The standard InChI is InChI=1S/C21H25N5O2/c1-24-19(10-11-22-24)21(28)18-14-17-15-25(12-5-13-26(17)23-18)20(27)9-8-16-6-3-2-4-7-16/h2-4,6-7,10-11,14,21,28H,5,8-9,12-13,15H2,1H3. The molecule has 0 saturated heterocycles. The van der Waals surface area contributed by atoms with Crippen LogP contribution in [0.1, 0.15) is 41.6 Å². The first-order chi connectivity index (χ1) is 13.6. The first-order valence-corrected chi connectivity index (χ1v) is 9.66. The minimum atomic E-state index is -0.825. The molecule has 1 atom stereocenters. The summed E-state index contributed by atoms with van der Waals surface area (Å²) in [6.45, 7) is 2.01. The molecule has 1 aliphatic rings. The molecular formula is C21H25N5O2. The molecule has 7 nitrogen and oxygen atoms in total. The molecule has 1 amide bonds. The summed E-state index contributed by atoms with van der Waals surface area (Å²) < 4.78 is 3.56. The average Bonchev–Trinajstić information content (AvgIpc) is 3.26. The minimum absolute atomic E-state index is 0.159. The zero-order chi connectivity index (χ0) is 19.5. The van der Waals surface area contributed by atoms with Gasteiger partial charge < -0.3 is 10.0 Å². The van der Waals surface area contributed by atoms with Crippen LogP contribution in [0.4, 0.5) is 0 Å². The molecule has 3 heterocycles. The molecule has 1 unspecified atom stereocenters. The number of benzene rings is 1. The quantitative estimate of drug-likeness (QED) is 0.736. The monoisotopic (exact) mass is 379 g/mol. The Bertz CT molecular complexity index is 947. The zero-order valence-electron chi connectivity index (χ0n) is 16.0. The molecule has 0 fully saturated rings. The van der Waals surface area contributed by atoms with Crippen molar-refractivity contribution >= 4 is 5.91 Å². The van der Waals surface area contributed by atoms with Gasteiger partial charge in [0.2, 0.25) is 5.91 Å². The van der Waals surface area contributed by atoms with Crippen LogP contribution in [-0.2, 0) is 31.4 Å². The van der Waals surface area contributed by atoms with Crippen molar-refractivity contribution in [3.63, 3.8) is 0 Å². The highest BCUT2D eigenvalue weighted by Gasteiger charge is 2.24. The van der Waals surface area contributed by atoms with Crippen LogP contribution in [0, 0.1) is 0 Å². The Morgan fingerprint density at radius 2 is 2.04 bits per heavy atom. The fourth-order valence-electron chi connectivity index (χ4n) is 3.69. The lowest BCUT2D eigenvalue weighted by atomic mass is 10.1. The minimum Gasteiger partial charge on any atom is -0.380 e. The maximum Gasteiger partial charge on any atom is 0.223 e. The molecule has 146 valence electrons. The summed E-state index contributed by atoms with van der Waals surface area (Å²) in [5, 5.41) is 19.3. The van der Waals surface area contributed by atoms with E-state index in [1.54, 1.807) is 24.0 Å². The summed E-state index contributed by atoms with van der Waals surface area (Å²) in [6.07, 6.45) is 2.94. The third kappa shape index (κ3) is 3.84. The van der Waals surface area contributed by atoms with E-state index in [2.05, 4.69) is 22.3 Å². The summed E-state index contributed by atoms with van der Waals surface area (Å²) in [6, 6.07) is 13.8. The molecule has 0 saturated carbocycles. The van der Waals surface area contributed by atoms with E-state index in [9.17, 15) is 9.90 Å². The first kappa shape index (κ1) is 18.4. The Morgan fingerprint density at radius 3 is 2.79 bits per heavy atom. The maximum atomic E-state index is 12.7. The number of carbonyl (C=O) groups excluding carboxylic acids is 1. The molecular weight excluding hydrogens is 354 g/mol. The molecule has 0 aliphatic carbocycles. The largest absolute Gasteiger partial charge is 0.380 e. The number of hydrogen-bond donors (Lipinski definition) is 1. The molecule has 0 spiro atoms. The van der Waals surface area contributed by atoms with Gasteiger partial charge in [0, 0.05) is 32.8 Å². The fourth-order valence-corrected chi connectivity index (χ4v) is 3.69. The topological polar surface area (TPSA) is 76.2 Å². The summed E-state index contributed by atoms with van der Waals surface area (Å²) in [7, 11) is 1.80. The van der Waals surface area contributed by atoms with Crippen molar-refractivity contribution in [2.75, 3.05) is 6.54 Å². The number of nitrogens with zero attached hydrogens (tertiary/aromatic N) is 5. The molecule has 7 heteroatoms. The van der Waals surface area contributed by atoms with E-state index >= 15 is 0 Å². The third-order valence-corrected chi connectivity index (χ3v) is 5.28. The number of aryl methyl sites for hydroxylation is 3. The van der Waals surface area contributed by atoms with Crippen LogP contribution in [0.2, 0.25) is 0 Å². The third-order valence-electron chi connectivity index (χ3n) is 5.28. The van der Waals surface area contributed by atoms with E-state index in [0.29, 0.717) is 24.4 Å². The Balaban J connectivity index is 1.45. The molecule has 0 radical (unpaired) electrons. The van der Waals surface area contributed by atoms with Crippen molar-refractivity contribution in [2.24, 2.45) is 7.05 Å². The van der Waals surface area contributed by atoms with Gasteiger partial charge in [-0.05, 0) is 30.5 Å². The first-order valence-electron chi connectivity index (χ1n) is 9.66. The van der Waals surface area contributed by atoms with E-state index in [1.807, 2.05) is 33.8 Å². The van der Waals surface area contributed by atoms with Gasteiger partial charge in [0.1, 0.15) is 6.10 Å². The van der Waals surface area contributed by atoms with Crippen LogP contribution in [0.5, 0.6) is 0 Å². The highest BCUT2D eigenvalue weighted by atomic mass is 16.3. The van der Waals surface area contributed by atoms with Crippen molar-refractivity contribution in [2.45, 2.75) is 38.5 Å². The number of aliphatic hydroxyl groups is 1. The highest BCUT2D eigenvalue weighted by molar-refractivity contribution is 5.76. The Morgan fingerprint density at radius 1 is 1.21 bits per heavy atom. The number of rotatable bonds is 5. The van der Waals surface area contributed by atoms with Crippen molar-refractivity contribution < 1.29 is 9.90 Å². The number of hydrogen-bond acceptors (Lipinski definition) is 4. The number of fused-ring (bicyclic) bond motifs is 1. The van der Waals surface area contributed by atoms with Gasteiger partial charge in [-0.1, -0.05) is 30.3 Å². The zero-order valence-corrected chi connectivity index (χ0v) is 16.0. The number of amides is 1. The second kappa shape index (κ2) is 7.98. The lowest BCUT2D eigenvalue weighted by Gasteiger charge is -2.20. The van der Waals surface area contributed by atoms with E-state index < -0.39 is 6.10 Å². The van der Waals surface area contributed by atoms with Crippen LogP contribution >= 0.6 is 0 Å². The Hall–Kier alpha value is -2.93. The van der Waals surface area contributed by atoms with Crippen molar-refractivity contribution in [1.82, 2.24) is 24.5 Å². The van der Waals surface area contributed by atoms with Gasteiger partial charge in [0.15, 0.2) is 0 Å². The van der Waals surface area contributed by atoms with E-state index in [1.165, 1.54) is 5.56 Å². The summed E-state index contributed by atoms with van der Waals surface area (Å²) in [4.78, 5) is 14.6. The summed E-state index contributed by atoms with van der Waals surface area (Å²) in [5.41, 5.74) is 3.43. The van der Waals surface area contributed by atoms with Crippen molar-refractivity contribution in [1.29, 1.82) is 0 Å². The van der Waals surface area contributed by atoms with Gasteiger partial charge in [-0.2, -0.15) is 10.2 Å². The van der Waals surface area contributed by atoms with Crippen molar-refractivity contribution in [3.8, 4) is 0 Å². The number of carbonyl (C=O) groups is 1. The van der Waals surface area contributed by atoms with Gasteiger partial charge in [-0.15, -0.1) is 0 Å². The Labute approximate surface area is 164 Å². The lowest BCUT2D eigenvalue weighted by molar-refractivity contribution is -0.131. The van der Waals surface area contributed by atoms with Crippen LogP contribution in [0.3, 0.4) is 0 Å². The highest BCUT2D eigenvalue weighted by Crippen LogP contribution is 2.23. The predicted molar refractivity (Wildman–Crippen MR) is 104 cm³/mol. The number of aliphatic hydroxyl groups excluding tert-OH is 1. The number of aromatic nitrogens is 4. The van der Waals surface area contributed by atoms with Crippen LogP contribution < -0.4 is 0 Å². The van der Waals surface area contributed by atoms with Crippen LogP contribution in [0.25, 0.3) is 0 Å². The fraction of sp³-hybridized carbons (Fsp3) is 0.381. The predicted octanol–water partition coefficient (Wildman–Crippen LogP) is 2.06. The molecule has 28 heavy (non-hydrogen) atoms. The van der Waals surface area contributed by atoms with E-state index in [4.69, 9.17) is 0 Å². The Kier molecular flexibility index (Phi) is 5.25. The molecule has 1 aliphatic heterocycles. The lowest BCUT2D eigenvalue weighted by Crippen LogP contribution is -2.30. The van der Waals surface area contributed by atoms with Gasteiger partial charge in [-0.25, -0.2) is 0 Å². The summed E-state index contributed by atoms with van der Waals surface area (Å²) >= 11 is 0. The van der Waals surface area contributed by atoms with Gasteiger partial charge in [0.05, 0.1) is 23.6 Å². The summed E-state index contributed by atoms with van der Waals surface area (Å²) in [5.74, 6) is 0.159. The van der Waals surface area contributed by atoms with Gasteiger partial charge in [-0.3, -0.25) is 14.2 Å². The van der Waals surface area contributed by atoms with Crippen LogP contribution in [-0.4, -0.2) is 42.0 Å². The van der Waals surface area contributed by atoms with Gasteiger partial charge in [0.25, 0.3) is 0 Å². The van der Waals surface area contributed by atoms with Crippen molar-refractivity contribution in [3.05, 3.63) is 71.3 Å². The molecule has 4 rings (SSSR count). The molecule has 1 aromatic carbocycles. The second-order valence-corrected chi connectivity index (χ2v) is 7.22. The van der Waals surface area contributed by atoms with Crippen LogP contribution in [0.15, 0.2) is 48.7 Å². The SMILES string of the molecule is Cn1nccc1C(O)c1cc2n(n1)CCCN(C(=O)CCc1ccccc1)C2. The average molecular weight is 379 g/mol. The molecule has 1 N–H and O–H groups in total. The normalized spacial score (nSPS) is 15.1. The molecule has 2 aromatic heterocycles. The smallest absolute Gasteiger partial charge is 0.223 e. The van der Waals surface area contributed by atoms with E-state index in [-0.39, 0.29) is 5.91 Å². The van der Waals surface area contributed by atoms with E-state index in [0.717, 1.165) is 31.6 Å². The molecule has 0 bridgehead atoms. The second-order valence-electron chi connectivity index (χ2n) is 7.22. The van der Waals surface area contributed by atoms with Gasteiger partial charge >= 0.3 is 0 Å².